The molecule has 2 amide bonds. The number of hydrogen-bond acceptors (Lipinski definition) is 3. The van der Waals surface area contributed by atoms with Crippen molar-refractivity contribution in [3.63, 3.8) is 0 Å². The van der Waals surface area contributed by atoms with Crippen LogP contribution in [0.3, 0.4) is 0 Å². The molecular weight excluding hydrogens is 194 g/mol. The van der Waals surface area contributed by atoms with E-state index in [1.165, 1.54) is 0 Å². The van der Waals surface area contributed by atoms with Crippen LogP contribution in [-0.2, 0) is 9.59 Å². The number of rotatable bonds is 5. The van der Waals surface area contributed by atoms with Gasteiger partial charge >= 0.3 is 0 Å². The zero-order chi connectivity index (χ0) is 11.1. The van der Waals surface area contributed by atoms with Crippen LogP contribution in [0.1, 0.15) is 12.1 Å². The van der Waals surface area contributed by atoms with Crippen LogP contribution >= 0.6 is 0 Å². The van der Waals surface area contributed by atoms with Gasteiger partial charge in [-0.25, -0.2) is 0 Å². The SMILES string of the molecule is NC(=O)CC(=O)NC[CH]c1ccccn1. The van der Waals surface area contributed by atoms with E-state index in [1.807, 2.05) is 18.2 Å². The van der Waals surface area contributed by atoms with E-state index in [1.54, 1.807) is 12.6 Å². The number of hydrogen-bond donors (Lipinski definition) is 2. The number of primary amides is 1. The first-order valence-corrected chi connectivity index (χ1v) is 4.47. The summed E-state index contributed by atoms with van der Waals surface area (Å²) in [6, 6.07) is 5.48. The maximum Gasteiger partial charge on any atom is 0.229 e. The Kier molecular flexibility index (Phi) is 4.28. The van der Waals surface area contributed by atoms with Crippen LogP contribution in [0.5, 0.6) is 0 Å². The maximum atomic E-state index is 11.0. The van der Waals surface area contributed by atoms with E-state index in [-0.39, 0.29) is 12.3 Å². The molecule has 0 aliphatic carbocycles. The van der Waals surface area contributed by atoms with Crippen LogP contribution in [0.15, 0.2) is 24.4 Å². The number of amides is 2. The van der Waals surface area contributed by atoms with E-state index in [9.17, 15) is 9.59 Å². The summed E-state index contributed by atoms with van der Waals surface area (Å²) in [5.74, 6) is -1.01. The van der Waals surface area contributed by atoms with Crippen LogP contribution in [0.2, 0.25) is 0 Å². The topological polar surface area (TPSA) is 85.1 Å². The van der Waals surface area contributed by atoms with Crippen molar-refractivity contribution in [2.24, 2.45) is 5.73 Å². The van der Waals surface area contributed by atoms with E-state index in [0.29, 0.717) is 6.54 Å². The minimum Gasteiger partial charge on any atom is -0.369 e. The summed E-state index contributed by atoms with van der Waals surface area (Å²) < 4.78 is 0. The van der Waals surface area contributed by atoms with Crippen LogP contribution < -0.4 is 11.1 Å². The lowest BCUT2D eigenvalue weighted by molar-refractivity contribution is -0.127. The molecule has 0 fully saturated rings. The third-order valence-electron chi connectivity index (χ3n) is 1.63. The first kappa shape index (κ1) is 11.2. The van der Waals surface area contributed by atoms with Crippen LogP contribution in [-0.4, -0.2) is 23.3 Å². The van der Waals surface area contributed by atoms with Crippen LogP contribution in [0, 0.1) is 6.42 Å². The third-order valence-corrected chi connectivity index (χ3v) is 1.63. The second kappa shape index (κ2) is 5.74. The molecule has 0 bridgehead atoms. The summed E-state index contributed by atoms with van der Waals surface area (Å²) in [5, 5.41) is 2.53. The predicted molar refractivity (Wildman–Crippen MR) is 54.5 cm³/mol. The summed E-state index contributed by atoms with van der Waals surface area (Å²) in [6.07, 6.45) is 3.13. The normalized spacial score (nSPS) is 9.60. The van der Waals surface area contributed by atoms with Crippen LogP contribution in [0.4, 0.5) is 0 Å². The summed E-state index contributed by atoms with van der Waals surface area (Å²) >= 11 is 0. The van der Waals surface area contributed by atoms with Crippen molar-refractivity contribution >= 4 is 11.8 Å². The molecule has 0 saturated heterocycles. The maximum absolute atomic E-state index is 11.0. The van der Waals surface area contributed by atoms with Crippen molar-refractivity contribution in [3.05, 3.63) is 36.5 Å². The Balaban J connectivity index is 2.22. The number of carbonyl (C=O) groups excluding carboxylic acids is 2. The van der Waals surface area contributed by atoms with E-state index < -0.39 is 5.91 Å². The molecule has 1 heterocycles. The highest BCUT2D eigenvalue weighted by Gasteiger charge is 2.04. The monoisotopic (exact) mass is 206 g/mol. The molecule has 0 atom stereocenters. The molecule has 5 heteroatoms. The van der Waals surface area contributed by atoms with Gasteiger partial charge in [-0.3, -0.25) is 14.6 Å². The molecule has 3 N–H and O–H groups in total. The lowest BCUT2D eigenvalue weighted by atomic mass is 10.2. The van der Waals surface area contributed by atoms with Crippen molar-refractivity contribution in [1.82, 2.24) is 10.3 Å². The minimum atomic E-state index is -0.634. The first-order valence-electron chi connectivity index (χ1n) is 4.47. The zero-order valence-electron chi connectivity index (χ0n) is 8.14. The molecule has 0 spiro atoms. The lowest BCUT2D eigenvalue weighted by Gasteiger charge is -2.02. The second-order valence-electron chi connectivity index (χ2n) is 2.91. The van der Waals surface area contributed by atoms with E-state index in [2.05, 4.69) is 10.3 Å². The molecule has 1 radical (unpaired) electrons. The van der Waals surface area contributed by atoms with E-state index in [0.717, 1.165) is 5.69 Å². The largest absolute Gasteiger partial charge is 0.369 e. The standard InChI is InChI=1S/C10H12N3O2/c11-9(14)7-10(15)13-6-4-8-3-1-2-5-12-8/h1-5H,6-7H2,(H2,11,14)(H,13,15). The molecule has 79 valence electrons. The number of aromatic nitrogens is 1. The molecular formula is C10H12N3O2. The zero-order valence-corrected chi connectivity index (χ0v) is 8.14. The average Bonchev–Trinajstić information content (AvgIpc) is 2.18. The Morgan fingerprint density at radius 2 is 2.27 bits per heavy atom. The van der Waals surface area contributed by atoms with Gasteiger partial charge in [0.2, 0.25) is 11.8 Å². The van der Waals surface area contributed by atoms with Gasteiger partial charge in [0.1, 0.15) is 6.42 Å². The van der Waals surface area contributed by atoms with Crippen molar-refractivity contribution in [2.75, 3.05) is 6.54 Å². The second-order valence-corrected chi connectivity index (χ2v) is 2.91. The fourth-order valence-electron chi connectivity index (χ4n) is 0.987. The highest BCUT2D eigenvalue weighted by atomic mass is 16.2. The Bertz CT molecular complexity index is 338. The Hall–Kier alpha value is -1.91. The molecule has 5 nitrogen and oxygen atoms in total. The first-order chi connectivity index (χ1) is 7.18. The molecule has 0 aliphatic heterocycles. The summed E-state index contributed by atoms with van der Waals surface area (Å²) in [7, 11) is 0. The smallest absolute Gasteiger partial charge is 0.229 e. The van der Waals surface area contributed by atoms with Gasteiger partial charge in [-0.1, -0.05) is 6.07 Å². The number of nitrogens with two attached hydrogens (primary N) is 1. The predicted octanol–water partition coefficient (Wildman–Crippen LogP) is -0.374. The fraction of sp³-hybridized carbons (Fsp3) is 0.200. The highest BCUT2D eigenvalue weighted by Crippen LogP contribution is 1.95. The van der Waals surface area contributed by atoms with Crippen molar-refractivity contribution in [3.8, 4) is 0 Å². The Morgan fingerprint density at radius 3 is 2.87 bits per heavy atom. The Morgan fingerprint density at radius 1 is 1.47 bits per heavy atom. The van der Waals surface area contributed by atoms with Gasteiger partial charge in [-0.05, 0) is 12.1 Å². The van der Waals surface area contributed by atoms with Gasteiger partial charge in [0, 0.05) is 24.9 Å². The minimum absolute atomic E-state index is 0.282. The summed E-state index contributed by atoms with van der Waals surface area (Å²) in [5.41, 5.74) is 5.63. The van der Waals surface area contributed by atoms with Crippen molar-refractivity contribution in [1.29, 1.82) is 0 Å². The average molecular weight is 206 g/mol. The number of carbonyl (C=O) groups is 2. The van der Waals surface area contributed by atoms with Gasteiger partial charge in [-0.15, -0.1) is 0 Å². The molecule has 0 unspecified atom stereocenters. The van der Waals surface area contributed by atoms with Crippen molar-refractivity contribution in [2.45, 2.75) is 6.42 Å². The van der Waals surface area contributed by atoms with Gasteiger partial charge in [-0.2, -0.15) is 0 Å². The van der Waals surface area contributed by atoms with Gasteiger partial charge in [0.05, 0.1) is 0 Å². The van der Waals surface area contributed by atoms with E-state index >= 15 is 0 Å². The number of nitrogens with zero attached hydrogens (tertiary/aromatic N) is 1. The Labute approximate surface area is 87.7 Å². The molecule has 0 aromatic carbocycles. The fourth-order valence-corrected chi connectivity index (χ4v) is 0.987. The van der Waals surface area contributed by atoms with Crippen molar-refractivity contribution < 1.29 is 9.59 Å². The van der Waals surface area contributed by atoms with Crippen LogP contribution in [0.25, 0.3) is 0 Å². The highest BCUT2D eigenvalue weighted by molar-refractivity contribution is 5.96. The number of pyridine rings is 1. The van der Waals surface area contributed by atoms with Gasteiger partial charge in [0.25, 0.3) is 0 Å². The molecule has 1 aromatic rings. The molecule has 0 aliphatic rings. The molecule has 1 aromatic heterocycles. The van der Waals surface area contributed by atoms with Gasteiger partial charge in [0.15, 0.2) is 0 Å². The van der Waals surface area contributed by atoms with Gasteiger partial charge < -0.3 is 11.1 Å². The lowest BCUT2D eigenvalue weighted by Crippen LogP contribution is -2.29. The third kappa shape index (κ3) is 4.75. The van der Waals surface area contributed by atoms with E-state index in [4.69, 9.17) is 5.73 Å². The molecule has 1 rings (SSSR count). The molecule has 15 heavy (non-hydrogen) atoms. The summed E-state index contributed by atoms with van der Waals surface area (Å²) in [6.45, 7) is 0.336. The number of nitrogens with one attached hydrogen (secondary N) is 1. The summed E-state index contributed by atoms with van der Waals surface area (Å²) in [4.78, 5) is 25.4. The molecule has 0 saturated carbocycles. The quantitative estimate of drug-likeness (QED) is 0.644.